The summed E-state index contributed by atoms with van der Waals surface area (Å²) in [6.07, 6.45) is 0. The Hall–Kier alpha value is -2.74. The lowest BCUT2D eigenvalue weighted by atomic mass is 9.72. The highest BCUT2D eigenvalue weighted by Crippen LogP contribution is 2.39. The van der Waals surface area contributed by atoms with Crippen molar-refractivity contribution in [2.45, 2.75) is 66.2 Å². The molecule has 0 fully saturated rings. The second kappa shape index (κ2) is 7.50. The van der Waals surface area contributed by atoms with E-state index in [9.17, 15) is 10.2 Å². The summed E-state index contributed by atoms with van der Waals surface area (Å²) in [5.41, 5.74) is 8.10. The molecule has 0 atom stereocenters. The van der Waals surface area contributed by atoms with Crippen molar-refractivity contribution in [2.24, 2.45) is 0 Å². The molecule has 2 heteroatoms. The highest BCUT2D eigenvalue weighted by molar-refractivity contribution is 5.51. The van der Waals surface area contributed by atoms with Gasteiger partial charge in [-0.15, -0.1) is 0 Å². The molecule has 0 aliphatic carbocycles. The molecule has 0 amide bonds. The topological polar surface area (TPSA) is 40.5 Å². The van der Waals surface area contributed by atoms with Crippen LogP contribution >= 0.6 is 0 Å². The van der Waals surface area contributed by atoms with E-state index in [0.717, 1.165) is 22.3 Å². The van der Waals surface area contributed by atoms with E-state index < -0.39 is 0 Å². The molecule has 0 saturated carbocycles. The summed E-state index contributed by atoms with van der Waals surface area (Å²) < 4.78 is 0. The van der Waals surface area contributed by atoms with Crippen LogP contribution < -0.4 is 0 Å². The fourth-order valence-corrected chi connectivity index (χ4v) is 4.26. The van der Waals surface area contributed by atoms with E-state index in [0.29, 0.717) is 11.5 Å². The van der Waals surface area contributed by atoms with Gasteiger partial charge in [0.1, 0.15) is 11.5 Å². The lowest BCUT2D eigenvalue weighted by Gasteiger charge is -2.31. The van der Waals surface area contributed by atoms with Crippen LogP contribution in [0.25, 0.3) is 0 Å². The number of phenolic OH excluding ortho intramolecular Hbond substituents is 2. The molecule has 0 aliphatic rings. The molecule has 0 spiro atoms. The van der Waals surface area contributed by atoms with Crippen molar-refractivity contribution in [3.63, 3.8) is 0 Å². The number of rotatable bonds is 4. The number of aryl methyl sites for hydroxylation is 4. The summed E-state index contributed by atoms with van der Waals surface area (Å²) in [5.74, 6) is 0.755. The molecule has 0 saturated heterocycles. The SMILES string of the molecule is Cc1cc(C(C)(C)c2cccc(C(C)(C)c3cc(C)c(O)c(C)c3)c2)cc(C)c1O. The maximum absolute atomic E-state index is 10.2. The standard InChI is InChI=1S/C28H34O2/c1-17-12-23(13-18(2)25(17)29)27(5,6)21-10-9-11-22(16-21)28(7,8)24-14-19(3)26(30)20(4)15-24/h9-16,29-30H,1-8H3. The molecule has 0 heterocycles. The van der Waals surface area contributed by atoms with Crippen LogP contribution in [-0.4, -0.2) is 10.2 Å². The predicted molar refractivity (Wildman–Crippen MR) is 126 cm³/mol. The van der Waals surface area contributed by atoms with Crippen molar-refractivity contribution >= 4 is 0 Å². The molecule has 3 aromatic carbocycles. The van der Waals surface area contributed by atoms with Crippen LogP contribution in [0.15, 0.2) is 48.5 Å². The Balaban J connectivity index is 2.09. The van der Waals surface area contributed by atoms with E-state index in [1.165, 1.54) is 22.3 Å². The van der Waals surface area contributed by atoms with Gasteiger partial charge < -0.3 is 10.2 Å². The van der Waals surface area contributed by atoms with Gasteiger partial charge in [0.25, 0.3) is 0 Å². The fraction of sp³-hybridized carbons (Fsp3) is 0.357. The molecule has 0 bridgehead atoms. The first-order chi connectivity index (χ1) is 13.9. The van der Waals surface area contributed by atoms with Crippen LogP contribution in [0, 0.1) is 27.7 Å². The molecule has 3 rings (SSSR count). The molecule has 30 heavy (non-hydrogen) atoms. The van der Waals surface area contributed by atoms with Gasteiger partial charge in [0, 0.05) is 10.8 Å². The molecule has 2 N–H and O–H groups in total. The zero-order chi connectivity index (χ0) is 22.4. The number of benzene rings is 3. The van der Waals surface area contributed by atoms with Crippen LogP contribution in [0.3, 0.4) is 0 Å². The van der Waals surface area contributed by atoms with E-state index in [-0.39, 0.29) is 10.8 Å². The molecule has 0 aromatic heterocycles. The van der Waals surface area contributed by atoms with Gasteiger partial charge in [-0.05, 0) is 72.2 Å². The first kappa shape index (κ1) is 22.0. The Morgan fingerprint density at radius 2 is 0.800 bits per heavy atom. The van der Waals surface area contributed by atoms with E-state index in [1.807, 2.05) is 27.7 Å². The van der Waals surface area contributed by atoms with Crippen LogP contribution in [0.4, 0.5) is 0 Å². The van der Waals surface area contributed by atoms with Gasteiger partial charge in [0.05, 0.1) is 0 Å². The Morgan fingerprint density at radius 1 is 0.500 bits per heavy atom. The third-order valence-corrected chi connectivity index (χ3v) is 6.73. The van der Waals surface area contributed by atoms with Gasteiger partial charge >= 0.3 is 0 Å². The van der Waals surface area contributed by atoms with Gasteiger partial charge in [-0.2, -0.15) is 0 Å². The lowest BCUT2D eigenvalue weighted by molar-refractivity contribution is 0.465. The van der Waals surface area contributed by atoms with Gasteiger partial charge in [-0.3, -0.25) is 0 Å². The second-order valence-corrected chi connectivity index (χ2v) is 9.75. The molecular weight excluding hydrogens is 368 g/mol. The summed E-state index contributed by atoms with van der Waals surface area (Å²) in [5, 5.41) is 20.4. The average molecular weight is 403 g/mol. The monoisotopic (exact) mass is 402 g/mol. The summed E-state index contributed by atoms with van der Waals surface area (Å²) in [4.78, 5) is 0. The zero-order valence-corrected chi connectivity index (χ0v) is 19.5. The molecule has 0 aliphatic heterocycles. The summed E-state index contributed by atoms with van der Waals surface area (Å²) >= 11 is 0. The molecule has 0 unspecified atom stereocenters. The highest BCUT2D eigenvalue weighted by Gasteiger charge is 2.29. The lowest BCUT2D eigenvalue weighted by Crippen LogP contribution is -2.23. The van der Waals surface area contributed by atoms with Crippen molar-refractivity contribution in [2.75, 3.05) is 0 Å². The maximum atomic E-state index is 10.2. The Kier molecular flexibility index (Phi) is 5.49. The van der Waals surface area contributed by atoms with Crippen molar-refractivity contribution < 1.29 is 10.2 Å². The van der Waals surface area contributed by atoms with E-state index >= 15 is 0 Å². The van der Waals surface area contributed by atoms with Gasteiger partial charge in [-0.25, -0.2) is 0 Å². The molecule has 2 nitrogen and oxygen atoms in total. The summed E-state index contributed by atoms with van der Waals surface area (Å²) in [6, 6.07) is 17.2. The Morgan fingerprint density at radius 3 is 1.10 bits per heavy atom. The normalized spacial score (nSPS) is 12.3. The molecule has 0 radical (unpaired) electrons. The highest BCUT2D eigenvalue weighted by atomic mass is 16.3. The minimum Gasteiger partial charge on any atom is -0.507 e. The number of phenols is 2. The number of hydrogen-bond donors (Lipinski definition) is 2. The first-order valence-electron chi connectivity index (χ1n) is 10.6. The van der Waals surface area contributed by atoms with Crippen LogP contribution in [0.1, 0.15) is 72.2 Å². The smallest absolute Gasteiger partial charge is 0.121 e. The fourth-order valence-electron chi connectivity index (χ4n) is 4.26. The van der Waals surface area contributed by atoms with E-state index in [4.69, 9.17) is 0 Å². The largest absolute Gasteiger partial charge is 0.507 e. The van der Waals surface area contributed by atoms with Crippen molar-refractivity contribution in [3.05, 3.63) is 93.0 Å². The molecule has 3 aromatic rings. The number of aromatic hydroxyl groups is 2. The number of hydrogen-bond acceptors (Lipinski definition) is 2. The third kappa shape index (κ3) is 3.71. The Labute approximate surface area is 181 Å². The zero-order valence-electron chi connectivity index (χ0n) is 19.5. The van der Waals surface area contributed by atoms with Crippen molar-refractivity contribution in [1.82, 2.24) is 0 Å². The molecular formula is C28H34O2. The second-order valence-electron chi connectivity index (χ2n) is 9.75. The van der Waals surface area contributed by atoms with E-state index in [1.54, 1.807) is 0 Å². The van der Waals surface area contributed by atoms with Gasteiger partial charge in [0.2, 0.25) is 0 Å². The summed E-state index contributed by atoms with van der Waals surface area (Å²) in [7, 11) is 0. The van der Waals surface area contributed by atoms with Crippen molar-refractivity contribution in [1.29, 1.82) is 0 Å². The summed E-state index contributed by atoms with van der Waals surface area (Å²) in [6.45, 7) is 16.8. The van der Waals surface area contributed by atoms with Crippen LogP contribution in [0.5, 0.6) is 11.5 Å². The maximum Gasteiger partial charge on any atom is 0.121 e. The van der Waals surface area contributed by atoms with Crippen LogP contribution in [0.2, 0.25) is 0 Å². The quantitative estimate of drug-likeness (QED) is 0.494. The van der Waals surface area contributed by atoms with Crippen molar-refractivity contribution in [3.8, 4) is 11.5 Å². The molecule has 158 valence electrons. The third-order valence-electron chi connectivity index (χ3n) is 6.73. The first-order valence-corrected chi connectivity index (χ1v) is 10.6. The van der Waals surface area contributed by atoms with Gasteiger partial charge in [-0.1, -0.05) is 76.2 Å². The predicted octanol–water partition coefficient (Wildman–Crippen LogP) is 6.98. The minimum atomic E-state index is -0.198. The van der Waals surface area contributed by atoms with E-state index in [2.05, 4.69) is 76.2 Å². The average Bonchev–Trinajstić information content (AvgIpc) is 2.69. The minimum absolute atomic E-state index is 0.198. The van der Waals surface area contributed by atoms with Crippen LogP contribution in [-0.2, 0) is 10.8 Å². The Bertz CT molecular complexity index is 973. The van der Waals surface area contributed by atoms with Gasteiger partial charge in [0.15, 0.2) is 0 Å².